The summed E-state index contributed by atoms with van der Waals surface area (Å²) in [6.45, 7) is 4.01. The topological polar surface area (TPSA) is 35.2 Å². The van der Waals surface area contributed by atoms with Crippen molar-refractivity contribution >= 4 is 17.3 Å². The Kier molecular flexibility index (Phi) is 3.78. The molecule has 0 unspecified atom stereocenters. The zero-order valence-electron chi connectivity index (χ0n) is 10.5. The molecule has 94 valence electrons. The van der Waals surface area contributed by atoms with E-state index >= 15 is 0 Å². The average molecular weight is 262 g/mol. The van der Waals surface area contributed by atoms with Crippen molar-refractivity contribution in [2.24, 2.45) is 0 Å². The van der Waals surface area contributed by atoms with Gasteiger partial charge in [-0.25, -0.2) is 0 Å². The summed E-state index contributed by atoms with van der Waals surface area (Å²) in [5.41, 5.74) is 8.65. The molecule has 0 radical (unpaired) electrons. The van der Waals surface area contributed by atoms with Crippen LogP contribution in [0.4, 0.5) is 5.69 Å². The Labute approximate surface area is 112 Å². The molecular weight excluding hydrogens is 246 g/mol. The molecule has 2 aromatic carbocycles. The number of rotatable bonds is 3. The first-order valence-corrected chi connectivity index (χ1v) is 6.26. The Morgan fingerprint density at radius 1 is 1.11 bits per heavy atom. The molecule has 2 aromatic rings. The molecule has 0 aliphatic carbocycles. The van der Waals surface area contributed by atoms with Crippen LogP contribution in [0, 0.1) is 0 Å². The molecule has 2 rings (SSSR count). The van der Waals surface area contributed by atoms with E-state index in [-0.39, 0.29) is 6.10 Å². The van der Waals surface area contributed by atoms with Crippen LogP contribution >= 0.6 is 11.6 Å². The molecule has 0 aliphatic rings. The first-order chi connectivity index (χ1) is 8.56. The van der Waals surface area contributed by atoms with Gasteiger partial charge in [-0.15, -0.1) is 0 Å². The van der Waals surface area contributed by atoms with Crippen molar-refractivity contribution in [2.75, 3.05) is 5.73 Å². The SMILES string of the molecule is CC(C)Oc1cccc(-c2ccc(Cl)cc2N)c1. The van der Waals surface area contributed by atoms with E-state index < -0.39 is 0 Å². The van der Waals surface area contributed by atoms with Gasteiger partial charge in [0.15, 0.2) is 0 Å². The highest BCUT2D eigenvalue weighted by atomic mass is 35.5. The second-order valence-corrected chi connectivity index (χ2v) is 4.86. The minimum Gasteiger partial charge on any atom is -0.491 e. The molecule has 0 atom stereocenters. The molecule has 0 aliphatic heterocycles. The van der Waals surface area contributed by atoms with Crippen LogP contribution in [0.15, 0.2) is 42.5 Å². The number of nitrogens with two attached hydrogens (primary N) is 1. The molecule has 0 heterocycles. The van der Waals surface area contributed by atoms with Crippen molar-refractivity contribution < 1.29 is 4.74 Å². The summed E-state index contributed by atoms with van der Waals surface area (Å²) in [7, 11) is 0. The summed E-state index contributed by atoms with van der Waals surface area (Å²) >= 11 is 5.90. The van der Waals surface area contributed by atoms with E-state index in [1.165, 1.54) is 0 Å². The van der Waals surface area contributed by atoms with Crippen LogP contribution < -0.4 is 10.5 Å². The fourth-order valence-electron chi connectivity index (χ4n) is 1.81. The highest BCUT2D eigenvalue weighted by Crippen LogP contribution is 2.30. The van der Waals surface area contributed by atoms with Gasteiger partial charge in [0, 0.05) is 16.3 Å². The smallest absolute Gasteiger partial charge is 0.120 e. The van der Waals surface area contributed by atoms with Gasteiger partial charge >= 0.3 is 0 Å². The number of hydrogen-bond acceptors (Lipinski definition) is 2. The molecule has 0 spiro atoms. The van der Waals surface area contributed by atoms with Gasteiger partial charge < -0.3 is 10.5 Å². The third-order valence-corrected chi connectivity index (χ3v) is 2.77. The molecule has 0 fully saturated rings. The van der Waals surface area contributed by atoms with Gasteiger partial charge in [0.1, 0.15) is 5.75 Å². The van der Waals surface area contributed by atoms with Crippen LogP contribution in [0.25, 0.3) is 11.1 Å². The standard InChI is InChI=1S/C15H16ClNO/c1-10(2)18-13-5-3-4-11(8-13)14-7-6-12(16)9-15(14)17/h3-10H,17H2,1-2H3. The van der Waals surface area contributed by atoms with Crippen molar-refractivity contribution in [1.29, 1.82) is 0 Å². The van der Waals surface area contributed by atoms with Crippen LogP contribution in [0.2, 0.25) is 5.02 Å². The zero-order valence-corrected chi connectivity index (χ0v) is 11.2. The Bertz CT molecular complexity index is 552. The van der Waals surface area contributed by atoms with Crippen LogP contribution in [-0.4, -0.2) is 6.10 Å². The van der Waals surface area contributed by atoms with Crippen LogP contribution in [0.1, 0.15) is 13.8 Å². The van der Waals surface area contributed by atoms with Crippen LogP contribution in [-0.2, 0) is 0 Å². The summed E-state index contributed by atoms with van der Waals surface area (Å²) in [5.74, 6) is 0.844. The quantitative estimate of drug-likeness (QED) is 0.833. The molecule has 0 amide bonds. The lowest BCUT2D eigenvalue weighted by Gasteiger charge is -2.12. The number of hydrogen-bond donors (Lipinski definition) is 1. The second kappa shape index (κ2) is 5.32. The lowest BCUT2D eigenvalue weighted by molar-refractivity contribution is 0.242. The predicted molar refractivity (Wildman–Crippen MR) is 77.1 cm³/mol. The largest absolute Gasteiger partial charge is 0.491 e. The van der Waals surface area contributed by atoms with E-state index in [4.69, 9.17) is 22.1 Å². The van der Waals surface area contributed by atoms with E-state index in [1.807, 2.05) is 50.2 Å². The van der Waals surface area contributed by atoms with Crippen molar-refractivity contribution in [3.63, 3.8) is 0 Å². The summed E-state index contributed by atoms with van der Waals surface area (Å²) in [5, 5.41) is 0.644. The van der Waals surface area contributed by atoms with Crippen LogP contribution in [0.3, 0.4) is 0 Å². The van der Waals surface area contributed by atoms with Gasteiger partial charge in [-0.1, -0.05) is 29.8 Å². The first kappa shape index (κ1) is 12.8. The molecule has 0 saturated carbocycles. The number of ether oxygens (including phenoxy) is 1. The summed E-state index contributed by atoms with van der Waals surface area (Å²) in [6, 6.07) is 13.4. The summed E-state index contributed by atoms with van der Waals surface area (Å²) in [4.78, 5) is 0. The molecule has 0 saturated heterocycles. The average Bonchev–Trinajstić information content (AvgIpc) is 2.28. The fraction of sp³-hybridized carbons (Fsp3) is 0.200. The molecule has 3 heteroatoms. The summed E-state index contributed by atoms with van der Waals surface area (Å²) < 4.78 is 5.67. The molecular formula is C15H16ClNO. The van der Waals surface area contributed by atoms with Gasteiger partial charge in [0.25, 0.3) is 0 Å². The minimum absolute atomic E-state index is 0.155. The van der Waals surface area contributed by atoms with Crippen molar-refractivity contribution in [1.82, 2.24) is 0 Å². The zero-order chi connectivity index (χ0) is 13.1. The van der Waals surface area contributed by atoms with E-state index in [2.05, 4.69) is 0 Å². The maximum Gasteiger partial charge on any atom is 0.120 e. The normalized spacial score (nSPS) is 10.7. The van der Waals surface area contributed by atoms with E-state index in [0.29, 0.717) is 10.7 Å². The van der Waals surface area contributed by atoms with Crippen molar-refractivity contribution in [3.8, 4) is 16.9 Å². The molecule has 0 bridgehead atoms. The molecule has 2 N–H and O–H groups in total. The minimum atomic E-state index is 0.155. The first-order valence-electron chi connectivity index (χ1n) is 5.88. The Morgan fingerprint density at radius 3 is 2.56 bits per heavy atom. The monoisotopic (exact) mass is 261 g/mol. The Balaban J connectivity index is 2.38. The highest BCUT2D eigenvalue weighted by molar-refractivity contribution is 6.31. The molecule has 0 aromatic heterocycles. The summed E-state index contributed by atoms with van der Waals surface area (Å²) in [6.07, 6.45) is 0.155. The Hall–Kier alpha value is -1.67. The maximum absolute atomic E-state index is 5.98. The number of benzene rings is 2. The van der Waals surface area contributed by atoms with Crippen LogP contribution in [0.5, 0.6) is 5.75 Å². The van der Waals surface area contributed by atoms with Gasteiger partial charge in [-0.3, -0.25) is 0 Å². The van der Waals surface area contributed by atoms with Gasteiger partial charge in [-0.2, -0.15) is 0 Å². The lowest BCUT2D eigenvalue weighted by atomic mass is 10.0. The van der Waals surface area contributed by atoms with Crippen molar-refractivity contribution in [2.45, 2.75) is 20.0 Å². The van der Waals surface area contributed by atoms with Crippen molar-refractivity contribution in [3.05, 3.63) is 47.5 Å². The van der Waals surface area contributed by atoms with E-state index in [1.54, 1.807) is 6.07 Å². The molecule has 2 nitrogen and oxygen atoms in total. The predicted octanol–water partition coefficient (Wildman–Crippen LogP) is 4.38. The third-order valence-electron chi connectivity index (χ3n) is 2.53. The highest BCUT2D eigenvalue weighted by Gasteiger charge is 2.05. The van der Waals surface area contributed by atoms with E-state index in [0.717, 1.165) is 16.9 Å². The lowest BCUT2D eigenvalue weighted by Crippen LogP contribution is -2.05. The van der Waals surface area contributed by atoms with E-state index in [9.17, 15) is 0 Å². The van der Waals surface area contributed by atoms with Gasteiger partial charge in [0.05, 0.1) is 6.10 Å². The van der Waals surface area contributed by atoms with Gasteiger partial charge in [0.2, 0.25) is 0 Å². The molecule has 18 heavy (non-hydrogen) atoms. The number of anilines is 1. The second-order valence-electron chi connectivity index (χ2n) is 4.43. The van der Waals surface area contributed by atoms with Gasteiger partial charge in [-0.05, 0) is 43.7 Å². The number of halogens is 1. The third kappa shape index (κ3) is 2.96. The maximum atomic E-state index is 5.98. The fourth-order valence-corrected chi connectivity index (χ4v) is 1.99. The Morgan fingerprint density at radius 2 is 1.89 bits per heavy atom. The number of nitrogen functional groups attached to an aromatic ring is 1.